The minimum atomic E-state index is -0.302. The molecule has 1 atom stereocenters. The zero-order valence-electron chi connectivity index (χ0n) is 10.9. The van der Waals surface area contributed by atoms with Gasteiger partial charge in [0.2, 0.25) is 0 Å². The second kappa shape index (κ2) is 3.79. The first-order valence-electron chi connectivity index (χ1n) is 5.72. The maximum atomic E-state index is 10.1. The molecule has 1 nitrogen and oxygen atoms in total. The van der Waals surface area contributed by atoms with Crippen molar-refractivity contribution in [2.75, 3.05) is 0 Å². The van der Waals surface area contributed by atoms with Gasteiger partial charge in [-0.15, -0.1) is 0 Å². The van der Waals surface area contributed by atoms with Gasteiger partial charge >= 0.3 is 0 Å². The fourth-order valence-electron chi connectivity index (χ4n) is 1.99. The standard InChI is InChI=1S/C14H24O/c1-13(2,3)10-7-8-11(12(15)9-10)14(4,5)6/h7-8,12,15H,9H2,1-6H3. The molecule has 0 aromatic rings. The highest BCUT2D eigenvalue weighted by molar-refractivity contribution is 5.33. The Balaban J connectivity index is 2.99. The summed E-state index contributed by atoms with van der Waals surface area (Å²) in [7, 11) is 0. The lowest BCUT2D eigenvalue weighted by molar-refractivity contribution is 0.176. The first kappa shape index (κ1) is 12.5. The van der Waals surface area contributed by atoms with Crippen molar-refractivity contribution in [1.29, 1.82) is 0 Å². The third-order valence-electron chi connectivity index (χ3n) is 3.07. The van der Waals surface area contributed by atoms with Crippen LogP contribution in [0.1, 0.15) is 48.0 Å². The van der Waals surface area contributed by atoms with E-state index in [9.17, 15) is 5.11 Å². The van der Waals surface area contributed by atoms with Crippen molar-refractivity contribution in [2.24, 2.45) is 10.8 Å². The summed E-state index contributed by atoms with van der Waals surface area (Å²) >= 11 is 0. The minimum Gasteiger partial charge on any atom is -0.388 e. The Hall–Kier alpha value is -0.560. The Kier molecular flexibility index (Phi) is 3.16. The lowest BCUT2D eigenvalue weighted by Gasteiger charge is -2.34. The SMILES string of the molecule is CC(C)(C)C1=CC=C(C(C)(C)C)C(O)C1. The van der Waals surface area contributed by atoms with Crippen molar-refractivity contribution in [1.82, 2.24) is 0 Å². The lowest BCUT2D eigenvalue weighted by Crippen LogP contribution is -2.27. The van der Waals surface area contributed by atoms with E-state index < -0.39 is 0 Å². The largest absolute Gasteiger partial charge is 0.388 e. The van der Waals surface area contributed by atoms with Crippen molar-refractivity contribution in [3.05, 3.63) is 23.3 Å². The maximum Gasteiger partial charge on any atom is 0.0795 e. The van der Waals surface area contributed by atoms with Crippen LogP contribution in [0.5, 0.6) is 0 Å². The Morgan fingerprint density at radius 2 is 1.53 bits per heavy atom. The average Bonchev–Trinajstić information content (AvgIpc) is 1.99. The summed E-state index contributed by atoms with van der Waals surface area (Å²) in [5, 5.41) is 10.1. The molecule has 0 fully saturated rings. The summed E-state index contributed by atoms with van der Waals surface area (Å²) in [6.45, 7) is 13.0. The van der Waals surface area contributed by atoms with E-state index in [1.165, 1.54) is 5.57 Å². The van der Waals surface area contributed by atoms with Gasteiger partial charge in [0.05, 0.1) is 6.10 Å². The van der Waals surface area contributed by atoms with Gasteiger partial charge in [-0.3, -0.25) is 0 Å². The van der Waals surface area contributed by atoms with Gasteiger partial charge < -0.3 is 5.11 Å². The van der Waals surface area contributed by atoms with Crippen molar-refractivity contribution >= 4 is 0 Å². The smallest absolute Gasteiger partial charge is 0.0795 e. The summed E-state index contributed by atoms with van der Waals surface area (Å²) in [6, 6.07) is 0. The molecule has 0 saturated heterocycles. The molecule has 0 bridgehead atoms. The molecular formula is C14H24O. The molecule has 15 heavy (non-hydrogen) atoms. The first-order valence-corrected chi connectivity index (χ1v) is 5.72. The van der Waals surface area contributed by atoms with Gasteiger partial charge in [0.15, 0.2) is 0 Å². The van der Waals surface area contributed by atoms with Crippen LogP contribution in [0.15, 0.2) is 23.3 Å². The van der Waals surface area contributed by atoms with E-state index in [0.717, 1.165) is 12.0 Å². The fourth-order valence-corrected chi connectivity index (χ4v) is 1.99. The van der Waals surface area contributed by atoms with Crippen molar-refractivity contribution < 1.29 is 5.11 Å². The van der Waals surface area contributed by atoms with Crippen LogP contribution >= 0.6 is 0 Å². The molecule has 1 unspecified atom stereocenters. The highest BCUT2D eigenvalue weighted by atomic mass is 16.3. The molecule has 1 rings (SSSR count). The predicted molar refractivity (Wildman–Crippen MR) is 65.7 cm³/mol. The van der Waals surface area contributed by atoms with Gasteiger partial charge in [0.1, 0.15) is 0 Å². The number of aliphatic hydroxyl groups excluding tert-OH is 1. The van der Waals surface area contributed by atoms with Crippen molar-refractivity contribution in [3.63, 3.8) is 0 Å². The van der Waals surface area contributed by atoms with E-state index >= 15 is 0 Å². The Bertz CT molecular complexity index is 294. The predicted octanol–water partition coefficient (Wildman–Crippen LogP) is 3.70. The highest BCUT2D eigenvalue weighted by Gasteiger charge is 2.29. The molecule has 0 aromatic heterocycles. The molecule has 86 valence electrons. The molecule has 1 aliphatic carbocycles. The molecule has 1 heteroatoms. The molecule has 0 aromatic carbocycles. The first-order chi connectivity index (χ1) is 6.62. The summed E-state index contributed by atoms with van der Waals surface area (Å²) in [5.74, 6) is 0. The Morgan fingerprint density at radius 1 is 1.00 bits per heavy atom. The second-order valence-electron chi connectivity index (χ2n) is 6.53. The van der Waals surface area contributed by atoms with Crippen LogP contribution in [-0.2, 0) is 0 Å². The quantitative estimate of drug-likeness (QED) is 0.643. The van der Waals surface area contributed by atoms with E-state index in [1.807, 2.05) is 0 Å². The van der Waals surface area contributed by atoms with Gasteiger partial charge in [0.25, 0.3) is 0 Å². The van der Waals surface area contributed by atoms with Crippen LogP contribution in [0.3, 0.4) is 0 Å². The average molecular weight is 208 g/mol. The van der Waals surface area contributed by atoms with Gasteiger partial charge in [-0.2, -0.15) is 0 Å². The summed E-state index contributed by atoms with van der Waals surface area (Å²) < 4.78 is 0. The van der Waals surface area contributed by atoms with Crippen LogP contribution in [-0.4, -0.2) is 11.2 Å². The number of rotatable bonds is 0. The summed E-state index contributed by atoms with van der Waals surface area (Å²) in [5.41, 5.74) is 2.72. The molecule has 1 aliphatic rings. The van der Waals surface area contributed by atoms with Crippen LogP contribution in [0, 0.1) is 10.8 Å². The third kappa shape index (κ3) is 2.94. The maximum absolute atomic E-state index is 10.1. The number of allylic oxidation sites excluding steroid dienone is 2. The van der Waals surface area contributed by atoms with E-state index in [-0.39, 0.29) is 16.9 Å². The second-order valence-corrected chi connectivity index (χ2v) is 6.53. The van der Waals surface area contributed by atoms with Crippen LogP contribution in [0.4, 0.5) is 0 Å². The van der Waals surface area contributed by atoms with Crippen LogP contribution in [0.2, 0.25) is 0 Å². The molecule has 0 aliphatic heterocycles. The van der Waals surface area contributed by atoms with Crippen molar-refractivity contribution in [2.45, 2.75) is 54.1 Å². The number of hydrogen-bond donors (Lipinski definition) is 1. The van der Waals surface area contributed by atoms with Gasteiger partial charge in [0, 0.05) is 0 Å². The Morgan fingerprint density at radius 3 is 1.87 bits per heavy atom. The molecule has 0 amide bonds. The van der Waals surface area contributed by atoms with Crippen molar-refractivity contribution in [3.8, 4) is 0 Å². The van der Waals surface area contributed by atoms with Gasteiger partial charge in [-0.25, -0.2) is 0 Å². The fraction of sp³-hybridized carbons (Fsp3) is 0.714. The molecular weight excluding hydrogens is 184 g/mol. The van der Waals surface area contributed by atoms with Crippen LogP contribution in [0.25, 0.3) is 0 Å². The molecule has 0 heterocycles. The normalized spacial score (nSPS) is 23.5. The monoisotopic (exact) mass is 208 g/mol. The number of aliphatic hydroxyl groups is 1. The van der Waals surface area contributed by atoms with E-state index in [1.54, 1.807) is 0 Å². The van der Waals surface area contributed by atoms with E-state index in [4.69, 9.17) is 0 Å². The third-order valence-corrected chi connectivity index (χ3v) is 3.07. The zero-order chi connectivity index (χ0) is 11.9. The molecule has 1 N–H and O–H groups in total. The van der Waals surface area contributed by atoms with E-state index in [2.05, 4.69) is 53.7 Å². The summed E-state index contributed by atoms with van der Waals surface area (Å²) in [6.07, 6.45) is 4.78. The zero-order valence-corrected chi connectivity index (χ0v) is 10.9. The topological polar surface area (TPSA) is 20.2 Å². The van der Waals surface area contributed by atoms with Crippen LogP contribution < -0.4 is 0 Å². The lowest BCUT2D eigenvalue weighted by atomic mass is 9.74. The van der Waals surface area contributed by atoms with E-state index in [0.29, 0.717) is 0 Å². The molecule has 0 spiro atoms. The van der Waals surface area contributed by atoms with Gasteiger partial charge in [-0.05, 0) is 22.8 Å². The summed E-state index contributed by atoms with van der Waals surface area (Å²) in [4.78, 5) is 0. The van der Waals surface area contributed by atoms with Gasteiger partial charge in [-0.1, -0.05) is 59.3 Å². The molecule has 0 radical (unpaired) electrons. The highest BCUT2D eigenvalue weighted by Crippen LogP contribution is 2.38. The number of hydrogen-bond acceptors (Lipinski definition) is 1. The molecule has 0 saturated carbocycles. The minimum absolute atomic E-state index is 0.0688. The Labute approximate surface area is 93.9 Å².